The molecule has 2 saturated heterocycles. The Hall–Kier alpha value is -3.61. The van der Waals surface area contributed by atoms with Crippen molar-refractivity contribution in [2.24, 2.45) is 0 Å². The van der Waals surface area contributed by atoms with Crippen LogP contribution in [0.4, 0.5) is 0 Å². The van der Waals surface area contributed by atoms with Gasteiger partial charge in [-0.1, -0.05) is 17.7 Å². The maximum absolute atomic E-state index is 12.4. The van der Waals surface area contributed by atoms with E-state index in [1.807, 2.05) is 12.1 Å². The van der Waals surface area contributed by atoms with Crippen LogP contribution in [-0.2, 0) is 14.3 Å². The molecule has 6 unspecified atom stereocenters. The van der Waals surface area contributed by atoms with E-state index in [2.05, 4.69) is 11.8 Å². The molecular formula is C32H39NO10. The number of esters is 1. The number of hydrogen-bond donors (Lipinski definition) is 4. The fraction of sp³-hybridized carbons (Fsp3) is 0.469. The number of aromatic hydroxyl groups is 1. The summed E-state index contributed by atoms with van der Waals surface area (Å²) in [4.78, 5) is 14.9. The molecule has 2 aromatic carbocycles. The highest BCUT2D eigenvalue weighted by atomic mass is 16.7. The van der Waals surface area contributed by atoms with Gasteiger partial charge in [-0.3, -0.25) is 4.90 Å². The summed E-state index contributed by atoms with van der Waals surface area (Å²) >= 11 is 0. The third-order valence-electron chi connectivity index (χ3n) is 8.34. The van der Waals surface area contributed by atoms with Gasteiger partial charge in [0.2, 0.25) is 12.0 Å². The normalized spacial score (nSPS) is 27.7. The number of ether oxygens (including phenoxy) is 5. The number of benzene rings is 2. The maximum atomic E-state index is 12.4. The van der Waals surface area contributed by atoms with Crippen molar-refractivity contribution < 1.29 is 48.9 Å². The summed E-state index contributed by atoms with van der Waals surface area (Å²) in [6.45, 7) is 3.85. The zero-order valence-electron chi connectivity index (χ0n) is 24.5. The lowest BCUT2D eigenvalue weighted by molar-refractivity contribution is -0.278. The van der Waals surface area contributed by atoms with Crippen molar-refractivity contribution in [3.05, 3.63) is 59.2 Å². The second-order valence-electron chi connectivity index (χ2n) is 11.1. The van der Waals surface area contributed by atoms with Gasteiger partial charge in [0.05, 0.1) is 14.2 Å². The number of phenolic OH excluding ortho intramolecular Hbond substituents is 1. The second kappa shape index (κ2) is 13.4. The lowest BCUT2D eigenvalue weighted by Crippen LogP contribution is -2.60. The van der Waals surface area contributed by atoms with Gasteiger partial charge in [-0.25, -0.2) is 4.79 Å². The van der Waals surface area contributed by atoms with E-state index in [1.165, 1.54) is 56.4 Å². The number of carbonyl (C=O) groups is 1. The fourth-order valence-electron chi connectivity index (χ4n) is 5.89. The molecule has 11 nitrogen and oxygen atoms in total. The van der Waals surface area contributed by atoms with Gasteiger partial charge >= 0.3 is 5.97 Å². The highest BCUT2D eigenvalue weighted by molar-refractivity contribution is 5.87. The molecule has 3 aliphatic heterocycles. The molecule has 4 N–H and O–H groups in total. The third kappa shape index (κ3) is 6.81. The Morgan fingerprint density at radius 3 is 2.42 bits per heavy atom. The van der Waals surface area contributed by atoms with Crippen LogP contribution in [0.1, 0.15) is 37.3 Å². The minimum Gasteiger partial charge on any atom is -0.502 e. The molecule has 6 atom stereocenters. The molecule has 0 radical (unpaired) electrons. The molecule has 0 aromatic heterocycles. The van der Waals surface area contributed by atoms with Crippen LogP contribution in [0.3, 0.4) is 0 Å². The van der Waals surface area contributed by atoms with Crippen LogP contribution in [0.2, 0.25) is 0 Å². The van der Waals surface area contributed by atoms with Gasteiger partial charge < -0.3 is 44.1 Å². The van der Waals surface area contributed by atoms with Gasteiger partial charge in [0.25, 0.3) is 0 Å². The van der Waals surface area contributed by atoms with Gasteiger partial charge in [0, 0.05) is 18.7 Å². The number of rotatable bonds is 9. The Labute approximate surface area is 250 Å². The molecule has 2 fully saturated rings. The highest BCUT2D eigenvalue weighted by Gasteiger charge is 2.45. The van der Waals surface area contributed by atoms with E-state index >= 15 is 0 Å². The quantitative estimate of drug-likeness (QED) is 0.250. The van der Waals surface area contributed by atoms with E-state index in [0.29, 0.717) is 17.4 Å². The molecule has 3 aliphatic rings. The van der Waals surface area contributed by atoms with Gasteiger partial charge in [-0.2, -0.15) is 0 Å². The van der Waals surface area contributed by atoms with Crippen molar-refractivity contribution in [1.29, 1.82) is 0 Å². The molecule has 0 amide bonds. The number of carbonyl (C=O) groups excluding carboxylic acids is 1. The summed E-state index contributed by atoms with van der Waals surface area (Å²) < 4.78 is 27.0. The van der Waals surface area contributed by atoms with Gasteiger partial charge in [0.15, 0.2) is 11.5 Å². The van der Waals surface area contributed by atoms with Crippen LogP contribution in [0, 0.1) is 0 Å². The van der Waals surface area contributed by atoms with Crippen LogP contribution in [-0.4, -0.2) is 102 Å². The van der Waals surface area contributed by atoms with Crippen LogP contribution >= 0.6 is 0 Å². The zero-order valence-corrected chi connectivity index (χ0v) is 24.5. The lowest BCUT2D eigenvalue weighted by Gasteiger charge is -2.39. The summed E-state index contributed by atoms with van der Waals surface area (Å²) in [6.07, 6.45) is -0.934. The number of aliphatic hydroxyl groups is 3. The van der Waals surface area contributed by atoms with Gasteiger partial charge in [0.1, 0.15) is 36.8 Å². The van der Waals surface area contributed by atoms with Crippen molar-refractivity contribution in [2.75, 3.05) is 33.9 Å². The highest BCUT2D eigenvalue weighted by Crippen LogP contribution is 2.38. The van der Waals surface area contributed by atoms with E-state index < -0.39 is 43.3 Å². The smallest absolute Gasteiger partial charge is 0.330 e. The van der Waals surface area contributed by atoms with Crippen molar-refractivity contribution >= 4 is 17.6 Å². The number of methoxy groups -OCH3 is 2. The van der Waals surface area contributed by atoms with Gasteiger partial charge in [-0.05, 0) is 79.8 Å². The zero-order chi connectivity index (χ0) is 30.7. The minimum atomic E-state index is -1.59. The topological polar surface area (TPSA) is 147 Å². The van der Waals surface area contributed by atoms with E-state index in [9.17, 15) is 25.2 Å². The Bertz CT molecular complexity index is 1330. The van der Waals surface area contributed by atoms with Crippen LogP contribution in [0.15, 0.2) is 48.0 Å². The predicted molar refractivity (Wildman–Crippen MR) is 157 cm³/mol. The Morgan fingerprint density at radius 1 is 1.05 bits per heavy atom. The van der Waals surface area contributed by atoms with E-state index in [-0.39, 0.29) is 17.2 Å². The molecular weight excluding hydrogens is 558 g/mol. The van der Waals surface area contributed by atoms with Crippen LogP contribution < -0.4 is 14.2 Å². The summed E-state index contributed by atoms with van der Waals surface area (Å²) in [5.41, 5.74) is 4.33. The largest absolute Gasteiger partial charge is 0.502 e. The van der Waals surface area contributed by atoms with E-state index in [4.69, 9.17) is 23.7 Å². The molecule has 2 aromatic rings. The summed E-state index contributed by atoms with van der Waals surface area (Å²) in [5.74, 6) is -0.161. The van der Waals surface area contributed by atoms with Crippen molar-refractivity contribution in [3.63, 3.8) is 0 Å². The Morgan fingerprint density at radius 2 is 1.74 bits per heavy atom. The first kappa shape index (κ1) is 30.8. The Kier molecular flexibility index (Phi) is 9.58. The van der Waals surface area contributed by atoms with Crippen molar-refractivity contribution in [1.82, 2.24) is 4.90 Å². The number of hydrogen-bond acceptors (Lipinski definition) is 11. The average Bonchev–Trinajstić information content (AvgIpc) is 3.47. The second-order valence-corrected chi connectivity index (χ2v) is 11.1. The van der Waals surface area contributed by atoms with E-state index in [0.717, 1.165) is 31.1 Å². The molecule has 43 heavy (non-hydrogen) atoms. The summed E-state index contributed by atoms with van der Waals surface area (Å²) in [6, 6.07) is 11.2. The molecule has 0 bridgehead atoms. The monoisotopic (exact) mass is 597 g/mol. The number of nitrogens with zero attached hydrogens (tertiary/aromatic N) is 1. The summed E-state index contributed by atoms with van der Waals surface area (Å²) in [5, 5.41) is 41.5. The van der Waals surface area contributed by atoms with Crippen LogP contribution in [0.25, 0.3) is 11.6 Å². The number of phenols is 1. The standard InChI is InChI=1S/C32H39NO10/c1-18-13-21-5-4-12-33(21)16-23(18)20-7-9-22(10-8-20)42-32-31(38)30(37)29(36)26(43-32)17-41-27(34)11-6-19-14-24(39-2)28(35)25(15-19)40-3/h6-11,14-15,21,26,29-32,35-38H,4-5,12-13,16-17H2,1-3H3. The first-order chi connectivity index (χ1) is 20.7. The minimum absolute atomic E-state index is 0.167. The van der Waals surface area contributed by atoms with Crippen molar-refractivity contribution in [3.8, 4) is 23.0 Å². The molecule has 0 spiro atoms. The van der Waals surface area contributed by atoms with Gasteiger partial charge in [-0.15, -0.1) is 0 Å². The molecule has 11 heteroatoms. The molecule has 0 aliphatic carbocycles. The van der Waals surface area contributed by atoms with Crippen molar-refractivity contribution in [2.45, 2.75) is 62.9 Å². The summed E-state index contributed by atoms with van der Waals surface area (Å²) in [7, 11) is 2.78. The first-order valence-corrected chi connectivity index (χ1v) is 14.4. The molecule has 3 heterocycles. The average molecular weight is 598 g/mol. The van der Waals surface area contributed by atoms with E-state index in [1.54, 1.807) is 12.1 Å². The Balaban J connectivity index is 1.19. The lowest BCUT2D eigenvalue weighted by atomic mass is 9.91. The predicted octanol–water partition coefficient (Wildman–Crippen LogP) is 2.49. The van der Waals surface area contributed by atoms with Crippen LogP contribution in [0.5, 0.6) is 23.0 Å². The third-order valence-corrected chi connectivity index (χ3v) is 8.34. The molecule has 0 saturated carbocycles. The SMILES string of the molecule is COc1cc(C=CC(=O)OCC2OC(Oc3ccc(C4=C(C)CC5CCCN5C4)cc3)C(O)C(O)C2O)cc(OC)c1O. The maximum Gasteiger partial charge on any atom is 0.330 e. The number of aliphatic hydroxyl groups excluding tert-OH is 3. The molecule has 5 rings (SSSR count). The number of fused-ring (bicyclic) bond motifs is 1. The molecule has 232 valence electrons. The fourth-order valence-corrected chi connectivity index (χ4v) is 5.89. The first-order valence-electron chi connectivity index (χ1n) is 14.4.